The van der Waals surface area contributed by atoms with Crippen molar-refractivity contribution < 1.29 is 9.59 Å². The fourth-order valence-corrected chi connectivity index (χ4v) is 3.95. The maximum atomic E-state index is 13.0. The SMILES string of the molecule is CCCC(CCC)C(=O)Nc1ccc2c(c1)N(C(=O)c1ccccc1)CCC2. The van der Waals surface area contributed by atoms with Crippen LogP contribution in [0.15, 0.2) is 48.5 Å². The minimum Gasteiger partial charge on any atom is -0.326 e. The van der Waals surface area contributed by atoms with Crippen molar-refractivity contribution in [2.45, 2.75) is 52.4 Å². The Labute approximate surface area is 167 Å². The molecule has 1 aliphatic rings. The van der Waals surface area contributed by atoms with Gasteiger partial charge in [-0.05, 0) is 55.5 Å². The molecule has 3 rings (SSSR count). The van der Waals surface area contributed by atoms with Crippen LogP contribution in [0.5, 0.6) is 0 Å². The molecule has 0 radical (unpaired) electrons. The highest BCUT2D eigenvalue weighted by atomic mass is 16.2. The van der Waals surface area contributed by atoms with Crippen LogP contribution in [0.25, 0.3) is 0 Å². The van der Waals surface area contributed by atoms with Crippen molar-refractivity contribution in [3.05, 3.63) is 59.7 Å². The summed E-state index contributed by atoms with van der Waals surface area (Å²) < 4.78 is 0. The highest BCUT2D eigenvalue weighted by molar-refractivity contribution is 6.07. The van der Waals surface area contributed by atoms with Gasteiger partial charge in [-0.3, -0.25) is 9.59 Å². The highest BCUT2D eigenvalue weighted by Crippen LogP contribution is 2.31. The first kappa shape index (κ1) is 20.1. The quantitative estimate of drug-likeness (QED) is 0.698. The van der Waals surface area contributed by atoms with E-state index in [4.69, 9.17) is 0 Å². The summed E-state index contributed by atoms with van der Waals surface area (Å²) in [6.07, 6.45) is 5.72. The molecule has 2 aromatic rings. The topological polar surface area (TPSA) is 49.4 Å². The number of nitrogens with zero attached hydrogens (tertiary/aromatic N) is 1. The smallest absolute Gasteiger partial charge is 0.258 e. The summed E-state index contributed by atoms with van der Waals surface area (Å²) >= 11 is 0. The van der Waals surface area contributed by atoms with Gasteiger partial charge in [-0.15, -0.1) is 0 Å². The summed E-state index contributed by atoms with van der Waals surface area (Å²) in [5.74, 6) is 0.147. The molecule has 0 aliphatic carbocycles. The van der Waals surface area contributed by atoms with Crippen molar-refractivity contribution in [2.75, 3.05) is 16.8 Å². The number of hydrogen-bond donors (Lipinski definition) is 1. The lowest BCUT2D eigenvalue weighted by Crippen LogP contribution is -2.35. The molecular formula is C24H30N2O2. The fourth-order valence-electron chi connectivity index (χ4n) is 3.95. The van der Waals surface area contributed by atoms with Gasteiger partial charge in [-0.1, -0.05) is 51.0 Å². The number of benzene rings is 2. The van der Waals surface area contributed by atoms with Gasteiger partial charge < -0.3 is 10.2 Å². The molecule has 0 atom stereocenters. The second kappa shape index (κ2) is 9.54. The molecule has 28 heavy (non-hydrogen) atoms. The van der Waals surface area contributed by atoms with E-state index in [1.165, 1.54) is 0 Å². The molecule has 0 aromatic heterocycles. The molecule has 4 nitrogen and oxygen atoms in total. The Bertz CT molecular complexity index is 811. The third kappa shape index (κ3) is 4.61. The number of fused-ring (bicyclic) bond motifs is 1. The van der Waals surface area contributed by atoms with E-state index in [0.29, 0.717) is 12.1 Å². The third-order valence-corrected chi connectivity index (χ3v) is 5.38. The van der Waals surface area contributed by atoms with Crippen molar-refractivity contribution in [1.82, 2.24) is 0 Å². The summed E-state index contributed by atoms with van der Waals surface area (Å²) in [6, 6.07) is 15.4. The Morgan fingerprint density at radius 1 is 1.04 bits per heavy atom. The van der Waals surface area contributed by atoms with Gasteiger partial charge in [0, 0.05) is 29.4 Å². The molecule has 2 aromatic carbocycles. The van der Waals surface area contributed by atoms with Gasteiger partial charge in [0.1, 0.15) is 0 Å². The number of carbonyl (C=O) groups is 2. The molecule has 1 N–H and O–H groups in total. The minimum atomic E-state index is 0.0138. The van der Waals surface area contributed by atoms with Crippen LogP contribution >= 0.6 is 0 Å². The summed E-state index contributed by atoms with van der Waals surface area (Å²) in [6.45, 7) is 4.93. The van der Waals surface area contributed by atoms with Crippen LogP contribution in [-0.4, -0.2) is 18.4 Å². The van der Waals surface area contributed by atoms with E-state index in [2.05, 4.69) is 19.2 Å². The summed E-state index contributed by atoms with van der Waals surface area (Å²) in [5.41, 5.74) is 3.54. The fraction of sp³-hybridized carbons (Fsp3) is 0.417. The Hall–Kier alpha value is -2.62. The molecule has 1 aliphatic heterocycles. The lowest BCUT2D eigenvalue weighted by atomic mass is 9.96. The first-order valence-corrected chi connectivity index (χ1v) is 10.4. The second-order valence-corrected chi connectivity index (χ2v) is 7.53. The van der Waals surface area contributed by atoms with Gasteiger partial charge in [0.25, 0.3) is 5.91 Å². The number of nitrogens with one attached hydrogen (secondary N) is 1. The molecule has 0 bridgehead atoms. The van der Waals surface area contributed by atoms with E-state index in [0.717, 1.165) is 55.5 Å². The molecule has 0 saturated heterocycles. The molecule has 1 heterocycles. The average Bonchev–Trinajstić information content (AvgIpc) is 2.73. The zero-order valence-electron chi connectivity index (χ0n) is 16.9. The van der Waals surface area contributed by atoms with E-state index >= 15 is 0 Å². The van der Waals surface area contributed by atoms with E-state index in [9.17, 15) is 9.59 Å². The normalized spacial score (nSPS) is 13.3. The van der Waals surface area contributed by atoms with Crippen molar-refractivity contribution in [3.63, 3.8) is 0 Å². The van der Waals surface area contributed by atoms with Crippen LogP contribution in [0.1, 0.15) is 61.9 Å². The lowest BCUT2D eigenvalue weighted by Gasteiger charge is -2.30. The lowest BCUT2D eigenvalue weighted by molar-refractivity contribution is -0.120. The summed E-state index contributed by atoms with van der Waals surface area (Å²) in [7, 11) is 0. The van der Waals surface area contributed by atoms with Crippen molar-refractivity contribution in [1.29, 1.82) is 0 Å². The van der Waals surface area contributed by atoms with Crippen LogP contribution in [0.3, 0.4) is 0 Å². The number of carbonyl (C=O) groups excluding carboxylic acids is 2. The minimum absolute atomic E-state index is 0.0138. The monoisotopic (exact) mass is 378 g/mol. The molecule has 148 valence electrons. The molecule has 0 unspecified atom stereocenters. The number of anilines is 2. The summed E-state index contributed by atoms with van der Waals surface area (Å²) in [4.78, 5) is 27.6. The molecule has 0 saturated carbocycles. The van der Waals surface area contributed by atoms with Crippen LogP contribution in [-0.2, 0) is 11.2 Å². The Morgan fingerprint density at radius 2 is 1.75 bits per heavy atom. The van der Waals surface area contributed by atoms with Crippen LogP contribution in [0, 0.1) is 5.92 Å². The highest BCUT2D eigenvalue weighted by Gasteiger charge is 2.24. The average molecular weight is 379 g/mol. The number of aryl methyl sites for hydroxylation is 1. The zero-order valence-corrected chi connectivity index (χ0v) is 16.9. The third-order valence-electron chi connectivity index (χ3n) is 5.38. The maximum absolute atomic E-state index is 13.0. The van der Waals surface area contributed by atoms with E-state index in [-0.39, 0.29) is 17.7 Å². The zero-order chi connectivity index (χ0) is 19.9. The number of rotatable bonds is 7. The van der Waals surface area contributed by atoms with Crippen molar-refractivity contribution in [2.24, 2.45) is 5.92 Å². The number of hydrogen-bond acceptors (Lipinski definition) is 2. The molecule has 4 heteroatoms. The van der Waals surface area contributed by atoms with Crippen molar-refractivity contribution >= 4 is 23.2 Å². The molecule has 0 spiro atoms. The van der Waals surface area contributed by atoms with Crippen LogP contribution in [0.2, 0.25) is 0 Å². The van der Waals surface area contributed by atoms with Crippen LogP contribution < -0.4 is 10.2 Å². The van der Waals surface area contributed by atoms with Gasteiger partial charge in [0.05, 0.1) is 0 Å². The summed E-state index contributed by atoms with van der Waals surface area (Å²) in [5, 5.41) is 3.08. The first-order valence-electron chi connectivity index (χ1n) is 10.4. The Balaban J connectivity index is 1.82. The molecule has 2 amide bonds. The molecular weight excluding hydrogens is 348 g/mol. The predicted molar refractivity (Wildman–Crippen MR) is 115 cm³/mol. The van der Waals surface area contributed by atoms with E-state index in [1.54, 1.807) is 0 Å². The Morgan fingerprint density at radius 3 is 2.43 bits per heavy atom. The van der Waals surface area contributed by atoms with Crippen LogP contribution in [0.4, 0.5) is 11.4 Å². The Kier molecular flexibility index (Phi) is 6.85. The first-order chi connectivity index (χ1) is 13.6. The predicted octanol–water partition coefficient (Wildman–Crippen LogP) is 5.43. The van der Waals surface area contributed by atoms with Gasteiger partial charge in [-0.2, -0.15) is 0 Å². The standard InChI is InChI=1S/C24H30N2O2/c1-3-9-19(10-4-2)23(27)25-21-15-14-18-13-8-16-26(22(18)17-21)24(28)20-11-6-5-7-12-20/h5-7,11-12,14-15,17,19H,3-4,8-10,13,16H2,1-2H3,(H,25,27). The number of amides is 2. The van der Waals surface area contributed by atoms with Gasteiger partial charge in [-0.25, -0.2) is 0 Å². The van der Waals surface area contributed by atoms with Crippen molar-refractivity contribution in [3.8, 4) is 0 Å². The maximum Gasteiger partial charge on any atom is 0.258 e. The second-order valence-electron chi connectivity index (χ2n) is 7.53. The van der Waals surface area contributed by atoms with E-state index in [1.807, 2.05) is 53.4 Å². The van der Waals surface area contributed by atoms with Gasteiger partial charge >= 0.3 is 0 Å². The van der Waals surface area contributed by atoms with Gasteiger partial charge in [0.15, 0.2) is 0 Å². The van der Waals surface area contributed by atoms with Gasteiger partial charge in [0.2, 0.25) is 5.91 Å². The molecule has 0 fully saturated rings. The largest absolute Gasteiger partial charge is 0.326 e. The van der Waals surface area contributed by atoms with E-state index < -0.39 is 0 Å².